The number of aliphatic imine (C=N–C) groups is 1. The molecule has 0 saturated heterocycles. The SMILES string of the molecule is CCNC(=NCc1cccc(OC)c1)NCCS(=O)(=O)CC.I. The first-order valence-electron chi connectivity index (χ1n) is 7.36. The minimum atomic E-state index is -2.97. The largest absolute Gasteiger partial charge is 0.497 e. The molecule has 0 aliphatic carbocycles. The van der Waals surface area contributed by atoms with Crippen LogP contribution in [-0.4, -0.2) is 46.1 Å². The lowest BCUT2D eigenvalue weighted by molar-refractivity contribution is 0.414. The second kappa shape index (κ2) is 11.5. The third-order valence-electron chi connectivity index (χ3n) is 3.04. The first-order valence-corrected chi connectivity index (χ1v) is 9.18. The molecule has 0 spiro atoms. The number of guanidine groups is 1. The highest BCUT2D eigenvalue weighted by atomic mass is 127. The lowest BCUT2D eigenvalue weighted by Gasteiger charge is -2.11. The predicted octanol–water partition coefficient (Wildman–Crippen LogP) is 1.80. The van der Waals surface area contributed by atoms with Gasteiger partial charge in [-0.05, 0) is 24.6 Å². The molecule has 23 heavy (non-hydrogen) atoms. The van der Waals surface area contributed by atoms with Crippen LogP contribution >= 0.6 is 24.0 Å². The average Bonchev–Trinajstić information content (AvgIpc) is 2.52. The highest BCUT2D eigenvalue weighted by molar-refractivity contribution is 14.0. The van der Waals surface area contributed by atoms with Crippen LogP contribution in [0.25, 0.3) is 0 Å². The lowest BCUT2D eigenvalue weighted by atomic mass is 10.2. The van der Waals surface area contributed by atoms with E-state index in [0.717, 1.165) is 11.3 Å². The van der Waals surface area contributed by atoms with Crippen LogP contribution in [0, 0.1) is 0 Å². The molecular weight excluding hydrogens is 429 g/mol. The molecule has 8 heteroatoms. The monoisotopic (exact) mass is 455 g/mol. The quantitative estimate of drug-likeness (QED) is 0.355. The van der Waals surface area contributed by atoms with E-state index in [0.29, 0.717) is 25.6 Å². The van der Waals surface area contributed by atoms with Crippen molar-refractivity contribution in [2.45, 2.75) is 20.4 Å². The molecule has 0 aliphatic heterocycles. The van der Waals surface area contributed by atoms with Crippen molar-refractivity contribution in [1.82, 2.24) is 10.6 Å². The Balaban J connectivity index is 0.00000484. The minimum absolute atomic E-state index is 0. The molecule has 0 amide bonds. The topological polar surface area (TPSA) is 79.8 Å². The van der Waals surface area contributed by atoms with Crippen molar-refractivity contribution >= 4 is 39.8 Å². The molecular formula is C15H26IN3O3S. The van der Waals surface area contributed by atoms with Crippen molar-refractivity contribution in [2.75, 3.05) is 31.7 Å². The summed E-state index contributed by atoms with van der Waals surface area (Å²) in [6.45, 7) is 5.17. The molecule has 1 aromatic rings. The van der Waals surface area contributed by atoms with E-state index in [-0.39, 0.29) is 35.5 Å². The van der Waals surface area contributed by atoms with Crippen LogP contribution in [0.2, 0.25) is 0 Å². The number of sulfone groups is 1. The lowest BCUT2D eigenvalue weighted by Crippen LogP contribution is -2.39. The van der Waals surface area contributed by atoms with E-state index >= 15 is 0 Å². The number of rotatable bonds is 8. The molecule has 0 radical (unpaired) electrons. The van der Waals surface area contributed by atoms with Gasteiger partial charge in [0.05, 0.1) is 19.4 Å². The summed E-state index contributed by atoms with van der Waals surface area (Å²) in [6.07, 6.45) is 0. The molecule has 0 atom stereocenters. The van der Waals surface area contributed by atoms with Gasteiger partial charge in [0.1, 0.15) is 5.75 Å². The van der Waals surface area contributed by atoms with Crippen molar-refractivity contribution in [3.8, 4) is 5.75 Å². The van der Waals surface area contributed by atoms with Gasteiger partial charge in [-0.15, -0.1) is 24.0 Å². The molecule has 0 saturated carbocycles. The van der Waals surface area contributed by atoms with E-state index in [1.807, 2.05) is 31.2 Å². The summed E-state index contributed by atoms with van der Waals surface area (Å²) >= 11 is 0. The molecule has 0 bridgehead atoms. The highest BCUT2D eigenvalue weighted by Gasteiger charge is 2.07. The van der Waals surface area contributed by atoms with Gasteiger partial charge in [-0.3, -0.25) is 0 Å². The van der Waals surface area contributed by atoms with Crippen LogP contribution < -0.4 is 15.4 Å². The second-order valence-corrected chi connectivity index (χ2v) is 7.18. The van der Waals surface area contributed by atoms with Gasteiger partial charge in [0.25, 0.3) is 0 Å². The second-order valence-electron chi connectivity index (χ2n) is 4.71. The van der Waals surface area contributed by atoms with E-state index < -0.39 is 9.84 Å². The molecule has 0 aromatic heterocycles. The van der Waals surface area contributed by atoms with Gasteiger partial charge in [-0.2, -0.15) is 0 Å². The zero-order chi connectivity index (χ0) is 16.4. The first-order chi connectivity index (χ1) is 10.5. The van der Waals surface area contributed by atoms with E-state index in [1.165, 1.54) is 0 Å². The predicted molar refractivity (Wildman–Crippen MR) is 106 cm³/mol. The van der Waals surface area contributed by atoms with E-state index in [9.17, 15) is 8.42 Å². The van der Waals surface area contributed by atoms with Gasteiger partial charge >= 0.3 is 0 Å². The normalized spacial score (nSPS) is 11.5. The third-order valence-corrected chi connectivity index (χ3v) is 4.75. The summed E-state index contributed by atoms with van der Waals surface area (Å²) in [4.78, 5) is 4.45. The maximum absolute atomic E-state index is 11.5. The van der Waals surface area contributed by atoms with Crippen LogP contribution in [0.5, 0.6) is 5.75 Å². The molecule has 0 unspecified atom stereocenters. The number of benzene rings is 1. The molecule has 132 valence electrons. The van der Waals surface area contributed by atoms with Crippen LogP contribution in [0.15, 0.2) is 29.3 Å². The molecule has 0 fully saturated rings. The number of hydrogen-bond donors (Lipinski definition) is 2. The Morgan fingerprint density at radius 1 is 1.26 bits per heavy atom. The Morgan fingerprint density at radius 2 is 2.00 bits per heavy atom. The highest BCUT2D eigenvalue weighted by Crippen LogP contribution is 2.13. The van der Waals surface area contributed by atoms with Crippen LogP contribution in [0.4, 0.5) is 0 Å². The van der Waals surface area contributed by atoms with Crippen molar-refractivity contribution in [3.63, 3.8) is 0 Å². The number of methoxy groups -OCH3 is 1. The maximum Gasteiger partial charge on any atom is 0.191 e. The Labute approximate surface area is 156 Å². The minimum Gasteiger partial charge on any atom is -0.497 e. The Hall–Kier alpha value is -1.03. The zero-order valence-corrected chi connectivity index (χ0v) is 17.0. The summed E-state index contributed by atoms with van der Waals surface area (Å²) in [7, 11) is -1.34. The van der Waals surface area contributed by atoms with E-state index in [4.69, 9.17) is 4.74 Å². The van der Waals surface area contributed by atoms with Crippen LogP contribution in [0.3, 0.4) is 0 Å². The van der Waals surface area contributed by atoms with Crippen molar-refractivity contribution < 1.29 is 13.2 Å². The third kappa shape index (κ3) is 8.99. The van der Waals surface area contributed by atoms with Crippen LogP contribution in [-0.2, 0) is 16.4 Å². The summed E-state index contributed by atoms with van der Waals surface area (Å²) in [6, 6.07) is 7.69. The molecule has 2 N–H and O–H groups in total. The fraction of sp³-hybridized carbons (Fsp3) is 0.533. The van der Waals surface area contributed by atoms with Crippen molar-refractivity contribution in [2.24, 2.45) is 4.99 Å². The van der Waals surface area contributed by atoms with Gasteiger partial charge in [0.15, 0.2) is 15.8 Å². The summed E-state index contributed by atoms with van der Waals surface area (Å²) in [5.74, 6) is 1.66. The number of nitrogens with one attached hydrogen (secondary N) is 2. The number of ether oxygens (including phenoxy) is 1. The summed E-state index contributed by atoms with van der Waals surface area (Å²) < 4.78 is 28.1. The fourth-order valence-electron chi connectivity index (χ4n) is 1.75. The smallest absolute Gasteiger partial charge is 0.191 e. The summed E-state index contributed by atoms with van der Waals surface area (Å²) in [5, 5.41) is 6.14. The van der Waals surface area contributed by atoms with Gasteiger partial charge in [0.2, 0.25) is 0 Å². The van der Waals surface area contributed by atoms with Gasteiger partial charge < -0.3 is 15.4 Å². The number of halogens is 1. The number of hydrogen-bond acceptors (Lipinski definition) is 4. The molecule has 1 rings (SSSR count). The Kier molecular flexibility index (Phi) is 11.0. The molecule has 1 aromatic carbocycles. The first kappa shape index (κ1) is 22.0. The van der Waals surface area contributed by atoms with Gasteiger partial charge in [0, 0.05) is 18.8 Å². The zero-order valence-electron chi connectivity index (χ0n) is 13.8. The number of nitrogens with zero attached hydrogens (tertiary/aromatic N) is 1. The summed E-state index contributed by atoms with van der Waals surface area (Å²) in [5.41, 5.74) is 1.03. The van der Waals surface area contributed by atoms with Crippen molar-refractivity contribution in [1.29, 1.82) is 0 Å². The standard InChI is InChI=1S/C15H25N3O3S.HI/c1-4-16-15(17-9-10-22(19,20)5-2)18-12-13-7-6-8-14(11-13)21-3;/h6-8,11H,4-5,9-10,12H2,1-3H3,(H2,16,17,18);1H. The molecule has 0 aliphatic rings. The molecule has 6 nitrogen and oxygen atoms in total. The van der Waals surface area contributed by atoms with Gasteiger partial charge in [-0.25, -0.2) is 13.4 Å². The fourth-order valence-corrected chi connectivity index (χ4v) is 2.45. The van der Waals surface area contributed by atoms with Crippen LogP contribution in [0.1, 0.15) is 19.4 Å². The van der Waals surface area contributed by atoms with E-state index in [1.54, 1.807) is 14.0 Å². The van der Waals surface area contributed by atoms with Gasteiger partial charge in [-0.1, -0.05) is 19.1 Å². The van der Waals surface area contributed by atoms with E-state index in [2.05, 4.69) is 15.6 Å². The maximum atomic E-state index is 11.5. The average molecular weight is 455 g/mol. The Morgan fingerprint density at radius 3 is 2.61 bits per heavy atom. The van der Waals surface area contributed by atoms with Crippen molar-refractivity contribution in [3.05, 3.63) is 29.8 Å². The molecule has 0 heterocycles. The Bertz CT molecular complexity index is 591.